The number of carbonyl (C=O) groups excluding carboxylic acids is 1. The first-order valence-electron chi connectivity index (χ1n) is 8.47. The Morgan fingerprint density at radius 3 is 2.65 bits per heavy atom. The first-order valence-corrected chi connectivity index (χ1v) is 8.47. The molecule has 0 fully saturated rings. The summed E-state index contributed by atoms with van der Waals surface area (Å²) in [5.41, 5.74) is 6.41. The van der Waals surface area contributed by atoms with Crippen molar-refractivity contribution in [3.8, 4) is 5.75 Å². The van der Waals surface area contributed by atoms with Crippen LogP contribution in [0.2, 0.25) is 0 Å². The van der Waals surface area contributed by atoms with E-state index in [2.05, 4.69) is 10.5 Å². The summed E-state index contributed by atoms with van der Waals surface area (Å²) >= 11 is 0. The van der Waals surface area contributed by atoms with Gasteiger partial charge in [-0.05, 0) is 49.6 Å². The van der Waals surface area contributed by atoms with Crippen LogP contribution in [0.3, 0.4) is 0 Å². The zero-order valence-corrected chi connectivity index (χ0v) is 15.4. The molecule has 134 valence electrons. The largest absolute Gasteiger partial charge is 0.483 e. The van der Waals surface area contributed by atoms with E-state index in [0.717, 1.165) is 16.7 Å². The SMILES string of the molecule is CC(C=CC=Cc1ccccc1)=NNC(=O)COc1cc(C)ccc1C. The van der Waals surface area contributed by atoms with Crippen LogP contribution in [0, 0.1) is 13.8 Å². The van der Waals surface area contributed by atoms with E-state index in [1.165, 1.54) is 0 Å². The van der Waals surface area contributed by atoms with E-state index in [-0.39, 0.29) is 12.5 Å². The zero-order chi connectivity index (χ0) is 18.8. The third-order valence-electron chi connectivity index (χ3n) is 3.60. The topological polar surface area (TPSA) is 50.7 Å². The molecule has 0 aliphatic heterocycles. The third-order valence-corrected chi connectivity index (χ3v) is 3.60. The predicted molar refractivity (Wildman–Crippen MR) is 107 cm³/mol. The Morgan fingerprint density at radius 2 is 1.88 bits per heavy atom. The molecule has 4 heteroatoms. The molecule has 0 bridgehead atoms. The van der Waals surface area contributed by atoms with Crippen LogP contribution in [0.5, 0.6) is 5.75 Å². The van der Waals surface area contributed by atoms with Gasteiger partial charge in [0.05, 0.1) is 5.71 Å². The minimum Gasteiger partial charge on any atom is -0.483 e. The van der Waals surface area contributed by atoms with Crippen LogP contribution in [0.1, 0.15) is 23.6 Å². The third kappa shape index (κ3) is 6.77. The highest BCUT2D eigenvalue weighted by molar-refractivity contribution is 5.94. The molecule has 4 nitrogen and oxygen atoms in total. The summed E-state index contributed by atoms with van der Waals surface area (Å²) < 4.78 is 5.55. The van der Waals surface area contributed by atoms with Crippen LogP contribution < -0.4 is 10.2 Å². The minimum atomic E-state index is -0.293. The van der Waals surface area contributed by atoms with E-state index in [0.29, 0.717) is 11.5 Å². The summed E-state index contributed by atoms with van der Waals surface area (Å²) in [6, 6.07) is 15.9. The number of ether oxygens (including phenoxy) is 1. The van der Waals surface area contributed by atoms with Crippen LogP contribution in [-0.4, -0.2) is 18.2 Å². The Hall–Kier alpha value is -3.14. The molecule has 0 unspecified atom stereocenters. The number of nitrogens with one attached hydrogen (secondary N) is 1. The fourth-order valence-electron chi connectivity index (χ4n) is 2.15. The summed E-state index contributed by atoms with van der Waals surface area (Å²) in [5.74, 6) is 0.422. The molecular weight excluding hydrogens is 324 g/mol. The van der Waals surface area contributed by atoms with Crippen molar-refractivity contribution in [2.45, 2.75) is 20.8 Å². The van der Waals surface area contributed by atoms with E-state index in [4.69, 9.17) is 4.74 Å². The average molecular weight is 348 g/mol. The minimum absolute atomic E-state index is 0.0707. The second-order valence-corrected chi connectivity index (χ2v) is 5.97. The van der Waals surface area contributed by atoms with E-state index >= 15 is 0 Å². The molecular formula is C22H24N2O2. The molecule has 0 atom stereocenters. The Morgan fingerprint density at radius 1 is 1.12 bits per heavy atom. The number of nitrogens with zero attached hydrogens (tertiary/aromatic N) is 1. The van der Waals surface area contributed by atoms with Crippen LogP contribution in [0.25, 0.3) is 6.08 Å². The van der Waals surface area contributed by atoms with Gasteiger partial charge in [-0.2, -0.15) is 5.10 Å². The second-order valence-electron chi connectivity index (χ2n) is 5.97. The standard InChI is InChI=1S/C22H24N2O2/c1-17-13-14-18(2)21(15-17)26-16-22(25)24-23-19(3)9-7-8-12-20-10-5-4-6-11-20/h4-15H,16H2,1-3H3,(H,24,25). The Balaban J connectivity index is 1.78. The molecule has 1 amide bonds. The number of aryl methyl sites for hydroxylation is 2. The van der Waals surface area contributed by atoms with Crippen LogP contribution >= 0.6 is 0 Å². The maximum Gasteiger partial charge on any atom is 0.277 e. The van der Waals surface area contributed by atoms with Gasteiger partial charge in [-0.25, -0.2) is 5.43 Å². The van der Waals surface area contributed by atoms with Gasteiger partial charge in [-0.3, -0.25) is 4.79 Å². The summed E-state index contributed by atoms with van der Waals surface area (Å²) in [7, 11) is 0. The number of benzene rings is 2. The highest BCUT2D eigenvalue weighted by Gasteiger charge is 2.04. The maximum atomic E-state index is 11.9. The number of rotatable bonds is 7. The number of allylic oxidation sites excluding steroid dienone is 3. The average Bonchev–Trinajstić information content (AvgIpc) is 2.65. The Bertz CT molecular complexity index is 821. The number of hydrazone groups is 1. The van der Waals surface area contributed by atoms with Gasteiger partial charge in [0.15, 0.2) is 6.61 Å². The Kier molecular flexibility index (Phi) is 7.37. The van der Waals surface area contributed by atoms with E-state index in [1.807, 2.05) is 93.6 Å². The lowest BCUT2D eigenvalue weighted by atomic mass is 10.1. The first kappa shape index (κ1) is 19.2. The van der Waals surface area contributed by atoms with Crippen molar-refractivity contribution in [3.63, 3.8) is 0 Å². The van der Waals surface area contributed by atoms with Crippen molar-refractivity contribution in [2.24, 2.45) is 5.10 Å². The molecule has 26 heavy (non-hydrogen) atoms. The summed E-state index contributed by atoms with van der Waals surface area (Å²) in [6.07, 6.45) is 7.63. The fourth-order valence-corrected chi connectivity index (χ4v) is 2.15. The van der Waals surface area contributed by atoms with Crippen LogP contribution in [0.15, 0.2) is 71.9 Å². The monoisotopic (exact) mass is 348 g/mol. The van der Waals surface area contributed by atoms with Crippen molar-refractivity contribution in [2.75, 3.05) is 6.61 Å². The van der Waals surface area contributed by atoms with E-state index in [9.17, 15) is 4.79 Å². The summed E-state index contributed by atoms with van der Waals surface area (Å²) in [6.45, 7) is 5.68. The summed E-state index contributed by atoms with van der Waals surface area (Å²) in [5, 5.41) is 4.04. The molecule has 0 aliphatic rings. The first-order chi connectivity index (χ1) is 12.5. The molecule has 2 aromatic carbocycles. The van der Waals surface area contributed by atoms with Gasteiger partial charge < -0.3 is 4.74 Å². The molecule has 0 aromatic heterocycles. The maximum absolute atomic E-state index is 11.9. The molecule has 0 spiro atoms. The van der Waals surface area contributed by atoms with Crippen molar-refractivity contribution in [1.29, 1.82) is 0 Å². The van der Waals surface area contributed by atoms with Crippen LogP contribution in [-0.2, 0) is 4.79 Å². The van der Waals surface area contributed by atoms with Gasteiger partial charge in [0, 0.05) is 0 Å². The highest BCUT2D eigenvalue weighted by Crippen LogP contribution is 2.18. The lowest BCUT2D eigenvalue weighted by Crippen LogP contribution is -2.25. The van der Waals surface area contributed by atoms with Gasteiger partial charge in [0.25, 0.3) is 5.91 Å². The number of hydrogen-bond acceptors (Lipinski definition) is 3. The van der Waals surface area contributed by atoms with Gasteiger partial charge >= 0.3 is 0 Å². The fraction of sp³-hybridized carbons (Fsp3) is 0.182. The molecule has 0 heterocycles. The van der Waals surface area contributed by atoms with Crippen molar-refractivity contribution >= 4 is 17.7 Å². The Labute approximate surface area is 154 Å². The van der Waals surface area contributed by atoms with Crippen molar-refractivity contribution in [1.82, 2.24) is 5.43 Å². The quantitative estimate of drug-likeness (QED) is 0.457. The molecule has 0 saturated heterocycles. The lowest BCUT2D eigenvalue weighted by Gasteiger charge is -2.09. The van der Waals surface area contributed by atoms with Gasteiger partial charge in [-0.1, -0.05) is 60.7 Å². The predicted octanol–water partition coefficient (Wildman–Crippen LogP) is 4.44. The molecule has 0 saturated carbocycles. The van der Waals surface area contributed by atoms with Gasteiger partial charge in [0.1, 0.15) is 5.75 Å². The number of amides is 1. The molecule has 2 aromatic rings. The number of hydrogen-bond donors (Lipinski definition) is 1. The zero-order valence-electron chi connectivity index (χ0n) is 15.4. The normalized spacial score (nSPS) is 11.9. The van der Waals surface area contributed by atoms with Gasteiger partial charge in [0.2, 0.25) is 0 Å². The molecule has 2 rings (SSSR count). The molecule has 0 aliphatic carbocycles. The molecule has 1 N–H and O–H groups in total. The molecule has 0 radical (unpaired) electrons. The van der Waals surface area contributed by atoms with Crippen LogP contribution in [0.4, 0.5) is 0 Å². The second kappa shape index (κ2) is 9.99. The van der Waals surface area contributed by atoms with E-state index in [1.54, 1.807) is 0 Å². The van der Waals surface area contributed by atoms with Gasteiger partial charge in [-0.15, -0.1) is 0 Å². The lowest BCUT2D eigenvalue weighted by molar-refractivity contribution is -0.123. The van der Waals surface area contributed by atoms with E-state index < -0.39 is 0 Å². The van der Waals surface area contributed by atoms with Crippen molar-refractivity contribution in [3.05, 3.63) is 83.4 Å². The smallest absolute Gasteiger partial charge is 0.277 e. The number of carbonyl (C=O) groups is 1. The van der Waals surface area contributed by atoms with Crippen molar-refractivity contribution < 1.29 is 9.53 Å². The highest BCUT2D eigenvalue weighted by atomic mass is 16.5. The summed E-state index contributed by atoms with van der Waals surface area (Å²) in [4.78, 5) is 11.9.